The lowest BCUT2D eigenvalue weighted by molar-refractivity contribution is -0.161. The van der Waals surface area contributed by atoms with Crippen molar-refractivity contribution in [2.24, 2.45) is 11.8 Å². The van der Waals surface area contributed by atoms with E-state index in [2.05, 4.69) is 39.0 Å². The summed E-state index contributed by atoms with van der Waals surface area (Å²) in [5, 5.41) is 8.26. The molecule has 0 aromatic heterocycles. The molecule has 8 heteroatoms. The fourth-order valence-electron chi connectivity index (χ4n) is 5.01. The van der Waals surface area contributed by atoms with Crippen LogP contribution < -0.4 is 9.47 Å². The summed E-state index contributed by atoms with van der Waals surface area (Å²) in [6.45, 7) is 11.4. The zero-order chi connectivity index (χ0) is 35.7. The molecular weight excluding hydrogens is 632 g/mol. The van der Waals surface area contributed by atoms with Crippen LogP contribution in [0.4, 0.5) is 0 Å². The highest BCUT2D eigenvalue weighted by Crippen LogP contribution is 2.34. The fraction of sp³-hybridized carbons (Fsp3) is 0.476. The SMILES string of the molecule is C.C/C=C(\C)OCCO.CC(C)=CCC/C(C)=C/CCC1=CCC(C(=O)OCCOc2ccccc2)C(C(=O)OCCOc2ccccc2)C1. The number of allylic oxidation sites excluding steroid dienone is 8. The number of aliphatic hydroxyl groups is 1. The zero-order valence-corrected chi connectivity index (χ0v) is 30.0. The minimum absolute atomic E-state index is 0. The Labute approximate surface area is 300 Å². The van der Waals surface area contributed by atoms with Crippen LogP contribution in [0, 0.1) is 11.8 Å². The van der Waals surface area contributed by atoms with Crippen LogP contribution in [-0.2, 0) is 23.8 Å². The molecule has 1 N–H and O–H groups in total. The van der Waals surface area contributed by atoms with Crippen molar-refractivity contribution in [2.45, 2.75) is 80.6 Å². The molecule has 276 valence electrons. The maximum Gasteiger partial charge on any atom is 0.310 e. The van der Waals surface area contributed by atoms with E-state index in [9.17, 15) is 9.59 Å². The first kappa shape index (κ1) is 43.7. The van der Waals surface area contributed by atoms with Gasteiger partial charge in [0.1, 0.15) is 44.5 Å². The van der Waals surface area contributed by atoms with Gasteiger partial charge in [0.25, 0.3) is 0 Å². The van der Waals surface area contributed by atoms with Gasteiger partial charge in [-0.25, -0.2) is 0 Å². The zero-order valence-electron chi connectivity index (χ0n) is 30.0. The van der Waals surface area contributed by atoms with Gasteiger partial charge >= 0.3 is 11.9 Å². The number of benzene rings is 2. The normalized spacial score (nSPS) is 15.6. The highest BCUT2D eigenvalue weighted by molar-refractivity contribution is 5.83. The first-order chi connectivity index (χ1) is 23.7. The van der Waals surface area contributed by atoms with Crippen molar-refractivity contribution < 1.29 is 38.4 Å². The summed E-state index contributed by atoms with van der Waals surface area (Å²) in [6, 6.07) is 18.8. The van der Waals surface area contributed by atoms with Crippen molar-refractivity contribution in [2.75, 3.05) is 39.6 Å². The highest BCUT2D eigenvalue weighted by atomic mass is 16.6. The molecule has 2 aromatic rings. The van der Waals surface area contributed by atoms with Gasteiger partial charge in [0.05, 0.1) is 24.2 Å². The molecule has 0 spiro atoms. The van der Waals surface area contributed by atoms with Gasteiger partial charge in [0.2, 0.25) is 0 Å². The molecule has 0 heterocycles. The molecule has 2 unspecified atom stereocenters. The third kappa shape index (κ3) is 19.0. The highest BCUT2D eigenvalue weighted by Gasteiger charge is 2.38. The summed E-state index contributed by atoms with van der Waals surface area (Å²) in [7, 11) is 0. The lowest BCUT2D eigenvalue weighted by Gasteiger charge is -2.28. The number of hydrogen-bond acceptors (Lipinski definition) is 8. The molecule has 2 aromatic carbocycles. The van der Waals surface area contributed by atoms with Crippen molar-refractivity contribution >= 4 is 11.9 Å². The minimum Gasteiger partial charge on any atom is -0.496 e. The molecule has 0 saturated heterocycles. The fourth-order valence-corrected chi connectivity index (χ4v) is 5.01. The molecule has 0 bridgehead atoms. The molecule has 0 aliphatic heterocycles. The Morgan fingerprint density at radius 1 is 0.740 bits per heavy atom. The molecule has 0 radical (unpaired) electrons. The van der Waals surface area contributed by atoms with Crippen LogP contribution in [0.15, 0.2) is 107 Å². The van der Waals surface area contributed by atoms with Crippen molar-refractivity contribution in [3.8, 4) is 11.5 Å². The van der Waals surface area contributed by atoms with Crippen molar-refractivity contribution in [1.29, 1.82) is 0 Å². The van der Waals surface area contributed by atoms with Gasteiger partial charge in [0.15, 0.2) is 0 Å². The Hall–Kier alpha value is -4.30. The second-order valence-electron chi connectivity index (χ2n) is 12.1. The second-order valence-corrected chi connectivity index (χ2v) is 12.1. The number of para-hydroxylation sites is 2. The molecule has 0 amide bonds. The van der Waals surface area contributed by atoms with E-state index in [4.69, 9.17) is 28.8 Å². The van der Waals surface area contributed by atoms with E-state index in [0.717, 1.165) is 37.2 Å². The quantitative estimate of drug-likeness (QED) is 0.0673. The Bertz CT molecular complexity index is 1340. The van der Waals surface area contributed by atoms with E-state index in [1.54, 1.807) is 0 Å². The lowest BCUT2D eigenvalue weighted by Crippen LogP contribution is -2.35. The van der Waals surface area contributed by atoms with E-state index in [1.165, 1.54) is 16.7 Å². The molecule has 50 heavy (non-hydrogen) atoms. The van der Waals surface area contributed by atoms with E-state index in [-0.39, 0.29) is 46.4 Å². The number of hydrogen-bond donors (Lipinski definition) is 1. The molecule has 1 aliphatic rings. The molecular formula is C42H60O8. The molecule has 0 fully saturated rings. The van der Waals surface area contributed by atoms with Gasteiger partial charge in [-0.3, -0.25) is 9.59 Å². The van der Waals surface area contributed by atoms with Crippen LogP contribution in [0.25, 0.3) is 0 Å². The van der Waals surface area contributed by atoms with Crippen LogP contribution in [0.1, 0.15) is 80.6 Å². The van der Waals surface area contributed by atoms with Gasteiger partial charge < -0.3 is 28.8 Å². The van der Waals surface area contributed by atoms with E-state index in [0.29, 0.717) is 25.2 Å². The number of ether oxygens (including phenoxy) is 5. The number of carbonyl (C=O) groups excluding carboxylic acids is 2. The maximum absolute atomic E-state index is 13.2. The van der Waals surface area contributed by atoms with Gasteiger partial charge in [-0.05, 0) is 97.4 Å². The molecule has 2 atom stereocenters. The predicted molar refractivity (Wildman–Crippen MR) is 201 cm³/mol. The molecule has 3 rings (SSSR count). The van der Waals surface area contributed by atoms with Gasteiger partial charge in [0, 0.05) is 0 Å². The van der Waals surface area contributed by atoms with Crippen LogP contribution in [0.2, 0.25) is 0 Å². The van der Waals surface area contributed by atoms with Crippen LogP contribution in [0.5, 0.6) is 11.5 Å². The standard InChI is InChI=1S/C35H44O6.C6H12O2.CH4/c1-27(2)12-10-13-28(3)14-11-15-29-20-21-32(34(36)40-24-22-38-30-16-6-4-7-17-30)33(26-29)35(37)41-25-23-39-31-18-8-5-9-19-31;1-3-6(2)8-5-4-7;/h4-9,12,14,16-20,32-33H,10-11,13,15,21-26H2,1-3H3;3,7H,4-5H2,1-2H3;1H4/b28-14+;6-3+;. The maximum atomic E-state index is 13.2. The summed E-state index contributed by atoms with van der Waals surface area (Å²) in [6.07, 6.45) is 13.3. The third-order valence-corrected chi connectivity index (χ3v) is 7.79. The average Bonchev–Trinajstić information content (AvgIpc) is 3.11. The lowest BCUT2D eigenvalue weighted by atomic mass is 9.78. The average molecular weight is 693 g/mol. The summed E-state index contributed by atoms with van der Waals surface area (Å²) in [5.74, 6) is 0.345. The van der Waals surface area contributed by atoms with Gasteiger partial charge in [-0.15, -0.1) is 0 Å². The number of carbonyl (C=O) groups is 2. The van der Waals surface area contributed by atoms with Crippen LogP contribution in [0.3, 0.4) is 0 Å². The Kier molecular flexibility index (Phi) is 23.2. The summed E-state index contributed by atoms with van der Waals surface area (Å²) in [5.41, 5.74) is 3.89. The molecule has 0 saturated carbocycles. The van der Waals surface area contributed by atoms with Crippen molar-refractivity contribution in [1.82, 2.24) is 0 Å². The third-order valence-electron chi connectivity index (χ3n) is 7.79. The number of aliphatic hydroxyl groups excluding tert-OH is 1. The van der Waals surface area contributed by atoms with Crippen LogP contribution >= 0.6 is 0 Å². The first-order valence-electron chi connectivity index (χ1n) is 17.3. The van der Waals surface area contributed by atoms with E-state index in [1.807, 2.05) is 80.6 Å². The van der Waals surface area contributed by atoms with Gasteiger partial charge in [-0.2, -0.15) is 0 Å². The summed E-state index contributed by atoms with van der Waals surface area (Å²) in [4.78, 5) is 26.2. The minimum atomic E-state index is -0.586. The first-order valence-corrected chi connectivity index (χ1v) is 17.3. The largest absolute Gasteiger partial charge is 0.496 e. The summed E-state index contributed by atoms with van der Waals surface area (Å²) < 4.78 is 27.3. The van der Waals surface area contributed by atoms with E-state index >= 15 is 0 Å². The second kappa shape index (κ2) is 26.6. The Morgan fingerprint density at radius 2 is 1.30 bits per heavy atom. The van der Waals surface area contributed by atoms with E-state index < -0.39 is 17.8 Å². The topological polar surface area (TPSA) is 101 Å². The molecule has 1 aliphatic carbocycles. The van der Waals surface area contributed by atoms with Crippen molar-refractivity contribution in [3.05, 3.63) is 107 Å². The van der Waals surface area contributed by atoms with Gasteiger partial charge in [-0.1, -0.05) is 84.8 Å². The Morgan fingerprint density at radius 3 is 1.82 bits per heavy atom. The Balaban J connectivity index is 0.00000124. The number of esters is 2. The smallest absolute Gasteiger partial charge is 0.310 e. The van der Waals surface area contributed by atoms with Crippen molar-refractivity contribution in [3.63, 3.8) is 0 Å². The predicted octanol–water partition coefficient (Wildman–Crippen LogP) is 9.21. The molecule has 8 nitrogen and oxygen atoms in total. The van der Waals surface area contributed by atoms with Crippen LogP contribution in [-0.4, -0.2) is 56.7 Å². The number of rotatable bonds is 19. The monoisotopic (exact) mass is 692 g/mol. The summed E-state index contributed by atoms with van der Waals surface area (Å²) >= 11 is 0.